The number of carbonyl (C=O) groups excluding carboxylic acids is 1. The summed E-state index contributed by atoms with van der Waals surface area (Å²) < 4.78 is 11.1. The van der Waals surface area contributed by atoms with Crippen molar-refractivity contribution in [2.75, 3.05) is 57.8 Å². The summed E-state index contributed by atoms with van der Waals surface area (Å²) in [5.41, 5.74) is 1.80. The number of amides is 1. The van der Waals surface area contributed by atoms with Gasteiger partial charge >= 0.3 is 0 Å². The Bertz CT molecular complexity index is 767. The lowest BCUT2D eigenvalue weighted by atomic mass is 10.1. The van der Waals surface area contributed by atoms with Crippen molar-refractivity contribution >= 4 is 34.0 Å². The zero-order valence-corrected chi connectivity index (χ0v) is 19.0. The summed E-state index contributed by atoms with van der Waals surface area (Å²) in [4.78, 5) is 14.4. The molecule has 30 heavy (non-hydrogen) atoms. The van der Waals surface area contributed by atoms with Crippen LogP contribution in [0.1, 0.15) is 42.5 Å². The first-order valence-electron chi connectivity index (χ1n) is 10.8. The number of nitrogens with zero attached hydrogens (tertiary/aromatic N) is 1. The van der Waals surface area contributed by atoms with E-state index in [9.17, 15) is 4.79 Å². The summed E-state index contributed by atoms with van der Waals surface area (Å²) in [6, 6.07) is 12.0. The van der Waals surface area contributed by atoms with Gasteiger partial charge in [-0.25, -0.2) is 0 Å². The van der Waals surface area contributed by atoms with E-state index in [2.05, 4.69) is 22.3 Å². The van der Waals surface area contributed by atoms with Gasteiger partial charge in [-0.05, 0) is 47.9 Å². The van der Waals surface area contributed by atoms with Gasteiger partial charge in [0, 0.05) is 44.4 Å². The van der Waals surface area contributed by atoms with Gasteiger partial charge in [-0.1, -0.05) is 31.4 Å². The second-order valence-electron chi connectivity index (χ2n) is 7.58. The maximum Gasteiger partial charge on any atom is 0.251 e. The molecule has 0 atom stereocenters. The third-order valence-corrected chi connectivity index (χ3v) is 5.20. The highest BCUT2D eigenvalue weighted by atomic mass is 35.5. The Hall–Kier alpha value is -1.82. The van der Waals surface area contributed by atoms with Crippen LogP contribution in [0.4, 0.5) is 5.69 Å². The largest absolute Gasteiger partial charge is 0.379 e. The highest BCUT2D eigenvalue weighted by Crippen LogP contribution is 2.22. The molecular formula is C24H35ClN2O3. The molecule has 5 nitrogen and oxygen atoms in total. The minimum atomic E-state index is -0.0809. The summed E-state index contributed by atoms with van der Waals surface area (Å²) in [5, 5.41) is 5.08. The fourth-order valence-electron chi connectivity index (χ4n) is 3.14. The topological polar surface area (TPSA) is 50.8 Å². The van der Waals surface area contributed by atoms with Crippen molar-refractivity contribution in [3.63, 3.8) is 0 Å². The van der Waals surface area contributed by atoms with Crippen molar-refractivity contribution in [2.45, 2.75) is 32.1 Å². The van der Waals surface area contributed by atoms with E-state index < -0.39 is 0 Å². The molecule has 0 saturated carbocycles. The monoisotopic (exact) mass is 434 g/mol. The first-order valence-corrected chi connectivity index (χ1v) is 11.4. The number of ether oxygens (including phenoxy) is 2. The van der Waals surface area contributed by atoms with Crippen molar-refractivity contribution < 1.29 is 14.3 Å². The summed E-state index contributed by atoms with van der Waals surface area (Å²) in [7, 11) is 4.03. The quantitative estimate of drug-likeness (QED) is 0.321. The second-order valence-corrected chi connectivity index (χ2v) is 7.96. The number of rotatable bonds is 15. The average Bonchev–Trinajstić information content (AvgIpc) is 2.76. The van der Waals surface area contributed by atoms with Crippen LogP contribution in [0.5, 0.6) is 0 Å². The van der Waals surface area contributed by atoms with E-state index in [4.69, 9.17) is 21.1 Å². The van der Waals surface area contributed by atoms with Crippen LogP contribution < -0.4 is 10.2 Å². The molecule has 0 heterocycles. The molecule has 0 unspecified atom stereocenters. The minimum Gasteiger partial charge on any atom is -0.379 e. The molecule has 2 aromatic carbocycles. The number of unbranched alkanes of at least 4 members (excludes halogenated alkanes) is 4. The van der Waals surface area contributed by atoms with E-state index in [-0.39, 0.29) is 5.91 Å². The van der Waals surface area contributed by atoms with Crippen molar-refractivity contribution in [3.05, 3.63) is 42.0 Å². The van der Waals surface area contributed by atoms with Gasteiger partial charge in [0.05, 0.1) is 19.8 Å². The number of halogens is 1. The normalized spacial score (nSPS) is 11.0. The highest BCUT2D eigenvalue weighted by Gasteiger charge is 2.07. The molecule has 1 N–H and O–H groups in total. The van der Waals surface area contributed by atoms with Crippen LogP contribution in [0.3, 0.4) is 0 Å². The van der Waals surface area contributed by atoms with E-state index in [1.807, 2.05) is 38.4 Å². The van der Waals surface area contributed by atoms with Crippen molar-refractivity contribution in [2.24, 2.45) is 0 Å². The van der Waals surface area contributed by atoms with E-state index in [1.165, 1.54) is 19.3 Å². The van der Waals surface area contributed by atoms with Crippen LogP contribution in [0, 0.1) is 0 Å². The van der Waals surface area contributed by atoms with Crippen LogP contribution in [0.25, 0.3) is 10.8 Å². The third kappa shape index (κ3) is 8.90. The molecule has 2 rings (SSSR count). The van der Waals surface area contributed by atoms with Gasteiger partial charge in [-0.2, -0.15) is 0 Å². The summed E-state index contributed by atoms with van der Waals surface area (Å²) in [6.45, 7) is 2.88. The Morgan fingerprint density at radius 1 is 0.867 bits per heavy atom. The number of hydrogen-bond donors (Lipinski definition) is 1. The van der Waals surface area contributed by atoms with Crippen LogP contribution in [-0.4, -0.2) is 58.9 Å². The molecule has 0 aromatic heterocycles. The van der Waals surface area contributed by atoms with Gasteiger partial charge in [0.2, 0.25) is 0 Å². The van der Waals surface area contributed by atoms with Gasteiger partial charge in [0.15, 0.2) is 0 Å². The summed E-state index contributed by atoms with van der Waals surface area (Å²) >= 11 is 5.65. The standard InChI is InChI=1S/C24H35ClN2O3/c1-27(2)23-11-10-20-18-22(9-8-21(20)19-23)24(28)26-13-15-30-17-16-29-14-7-5-3-4-6-12-25/h8-11,18-19H,3-7,12-17H2,1-2H3,(H,26,28). The number of fused-ring (bicyclic) bond motifs is 1. The van der Waals surface area contributed by atoms with Crippen LogP contribution in [0.15, 0.2) is 36.4 Å². The molecule has 6 heteroatoms. The van der Waals surface area contributed by atoms with Crippen molar-refractivity contribution in [3.8, 4) is 0 Å². The zero-order chi connectivity index (χ0) is 21.6. The Labute approximate surface area is 185 Å². The third-order valence-electron chi connectivity index (χ3n) is 4.93. The zero-order valence-electron chi connectivity index (χ0n) is 18.3. The molecule has 166 valence electrons. The fourth-order valence-corrected chi connectivity index (χ4v) is 3.33. The maximum absolute atomic E-state index is 12.4. The molecule has 0 aliphatic carbocycles. The first-order chi connectivity index (χ1) is 14.6. The maximum atomic E-state index is 12.4. The molecule has 1 amide bonds. The number of hydrogen-bond acceptors (Lipinski definition) is 4. The van der Waals surface area contributed by atoms with Crippen molar-refractivity contribution in [1.82, 2.24) is 5.32 Å². The molecular weight excluding hydrogens is 400 g/mol. The van der Waals surface area contributed by atoms with Gasteiger partial charge in [-0.15, -0.1) is 11.6 Å². The van der Waals surface area contributed by atoms with Crippen LogP contribution in [0.2, 0.25) is 0 Å². The molecule has 0 saturated heterocycles. The number of nitrogens with one attached hydrogen (secondary N) is 1. The lowest BCUT2D eigenvalue weighted by molar-refractivity contribution is 0.0468. The van der Waals surface area contributed by atoms with Crippen LogP contribution in [-0.2, 0) is 9.47 Å². The smallest absolute Gasteiger partial charge is 0.251 e. The van der Waals surface area contributed by atoms with Gasteiger partial charge in [0.1, 0.15) is 0 Å². The fraction of sp³-hybridized carbons (Fsp3) is 0.542. The average molecular weight is 435 g/mol. The van der Waals surface area contributed by atoms with Gasteiger partial charge in [0.25, 0.3) is 5.91 Å². The number of benzene rings is 2. The highest BCUT2D eigenvalue weighted by molar-refractivity contribution is 6.17. The number of carbonyl (C=O) groups is 1. The van der Waals surface area contributed by atoms with Gasteiger partial charge < -0.3 is 19.7 Å². The summed E-state index contributed by atoms with van der Waals surface area (Å²) in [5.74, 6) is 0.677. The molecule has 0 aliphatic heterocycles. The molecule has 0 fully saturated rings. The minimum absolute atomic E-state index is 0.0809. The Balaban J connectivity index is 1.56. The van der Waals surface area contributed by atoms with E-state index in [1.54, 1.807) is 0 Å². The number of anilines is 1. The lowest BCUT2D eigenvalue weighted by Gasteiger charge is -2.13. The molecule has 0 aliphatic rings. The predicted octanol–water partition coefficient (Wildman–Crippen LogP) is 4.86. The Morgan fingerprint density at radius 3 is 2.30 bits per heavy atom. The molecule has 0 bridgehead atoms. The SMILES string of the molecule is CN(C)c1ccc2cc(C(=O)NCCOCCOCCCCCCCCl)ccc2c1. The first kappa shape index (κ1) is 24.4. The molecule has 2 aromatic rings. The molecule has 0 spiro atoms. The summed E-state index contributed by atoms with van der Waals surface area (Å²) in [6.07, 6.45) is 5.80. The van der Waals surface area contributed by atoms with Crippen LogP contribution >= 0.6 is 11.6 Å². The lowest BCUT2D eigenvalue weighted by Crippen LogP contribution is -2.27. The second kappa shape index (κ2) is 14.2. The van der Waals surface area contributed by atoms with E-state index in [0.29, 0.717) is 31.9 Å². The van der Waals surface area contributed by atoms with Gasteiger partial charge in [-0.3, -0.25) is 4.79 Å². The van der Waals surface area contributed by atoms with E-state index >= 15 is 0 Å². The van der Waals surface area contributed by atoms with Crippen molar-refractivity contribution in [1.29, 1.82) is 0 Å². The predicted molar refractivity (Wildman–Crippen MR) is 126 cm³/mol. The Kier molecular flexibility index (Phi) is 11.6. The number of alkyl halides is 1. The Morgan fingerprint density at radius 2 is 1.53 bits per heavy atom. The molecule has 0 radical (unpaired) electrons. The van der Waals surface area contributed by atoms with E-state index in [0.717, 1.165) is 41.8 Å².